The minimum absolute atomic E-state index is 0.145. The van der Waals surface area contributed by atoms with E-state index in [-0.39, 0.29) is 17.6 Å². The van der Waals surface area contributed by atoms with Gasteiger partial charge >= 0.3 is 5.97 Å². The first-order valence-electron chi connectivity index (χ1n) is 10.4. The molecule has 0 spiro atoms. The van der Waals surface area contributed by atoms with Crippen molar-refractivity contribution in [1.82, 2.24) is 14.8 Å². The molecule has 3 aromatic rings. The van der Waals surface area contributed by atoms with Crippen LogP contribution in [-0.2, 0) is 29.4 Å². The Bertz CT molecular complexity index is 1160. The number of aryl methyl sites for hydroxylation is 1. The Morgan fingerprint density at radius 1 is 1.28 bits per heavy atom. The van der Waals surface area contributed by atoms with Gasteiger partial charge in [-0.15, -0.1) is 21.5 Å². The molecule has 0 fully saturated rings. The third-order valence-corrected chi connectivity index (χ3v) is 7.62. The van der Waals surface area contributed by atoms with E-state index in [0.717, 1.165) is 36.8 Å². The molecule has 7 nitrogen and oxygen atoms in total. The number of carbonyl (C=O) groups is 2. The third kappa shape index (κ3) is 4.84. The number of carbonyl (C=O) groups excluding carboxylic acids is 2. The molecule has 0 aliphatic heterocycles. The average Bonchev–Trinajstić information content (AvgIpc) is 3.32. The van der Waals surface area contributed by atoms with Crippen LogP contribution in [0.3, 0.4) is 0 Å². The number of hydrogen-bond donors (Lipinski definition) is 1. The summed E-state index contributed by atoms with van der Waals surface area (Å²) in [5, 5.41) is 13.2. The maximum Gasteiger partial charge on any atom is 0.341 e. The number of rotatable bonds is 7. The zero-order chi connectivity index (χ0) is 22.7. The highest BCUT2D eigenvalue weighted by atomic mass is 35.5. The molecule has 0 saturated heterocycles. The summed E-state index contributed by atoms with van der Waals surface area (Å²) in [7, 11) is 1.85. The van der Waals surface area contributed by atoms with Gasteiger partial charge in [-0.3, -0.25) is 4.79 Å². The number of aromatic nitrogens is 3. The van der Waals surface area contributed by atoms with E-state index in [1.807, 2.05) is 29.8 Å². The lowest BCUT2D eigenvalue weighted by molar-refractivity contribution is -0.113. The van der Waals surface area contributed by atoms with Gasteiger partial charge in [-0.25, -0.2) is 4.79 Å². The molecule has 1 aliphatic carbocycles. The molecule has 0 bridgehead atoms. The van der Waals surface area contributed by atoms with Crippen molar-refractivity contribution in [2.45, 2.75) is 37.8 Å². The van der Waals surface area contributed by atoms with Gasteiger partial charge in [-0.1, -0.05) is 35.5 Å². The molecule has 0 saturated carbocycles. The van der Waals surface area contributed by atoms with Gasteiger partial charge in [0.2, 0.25) is 5.91 Å². The number of ether oxygens (including phenoxy) is 1. The van der Waals surface area contributed by atoms with Crippen LogP contribution >= 0.6 is 34.7 Å². The summed E-state index contributed by atoms with van der Waals surface area (Å²) in [5.41, 5.74) is 2.40. The molecule has 1 amide bonds. The van der Waals surface area contributed by atoms with Crippen LogP contribution in [0, 0.1) is 0 Å². The fraction of sp³-hybridized carbons (Fsp3) is 0.364. The van der Waals surface area contributed by atoms with Crippen LogP contribution in [0.15, 0.2) is 29.4 Å². The van der Waals surface area contributed by atoms with E-state index in [1.165, 1.54) is 28.0 Å². The van der Waals surface area contributed by atoms with E-state index >= 15 is 0 Å². The number of esters is 1. The highest BCUT2D eigenvalue weighted by molar-refractivity contribution is 7.99. The lowest BCUT2D eigenvalue weighted by Gasteiger charge is -2.12. The van der Waals surface area contributed by atoms with E-state index in [1.54, 1.807) is 13.0 Å². The standard InChI is InChI=1S/C22H23ClN4O3S2/c1-3-30-21(29)18-15-9-4-5-10-16(15)32-20(18)24-17(28)12-31-22-26-25-19(27(22)2)13-7-6-8-14(23)11-13/h6-8,11H,3-5,9-10,12H2,1-2H3,(H,24,28). The first-order valence-corrected chi connectivity index (χ1v) is 12.6. The maximum atomic E-state index is 12.7. The Morgan fingerprint density at radius 3 is 2.88 bits per heavy atom. The smallest absolute Gasteiger partial charge is 0.341 e. The number of hydrogen-bond acceptors (Lipinski definition) is 7. The van der Waals surface area contributed by atoms with E-state index in [0.29, 0.717) is 33.2 Å². The molecule has 1 aliphatic rings. The number of thiophene rings is 1. The second-order valence-electron chi connectivity index (χ2n) is 7.35. The van der Waals surface area contributed by atoms with Crippen molar-refractivity contribution >= 4 is 51.6 Å². The van der Waals surface area contributed by atoms with Crippen LogP contribution in [-0.4, -0.2) is 39.0 Å². The quantitative estimate of drug-likeness (QED) is 0.371. The molecule has 2 aromatic heterocycles. The summed E-state index contributed by atoms with van der Waals surface area (Å²) in [6, 6.07) is 7.39. The van der Waals surface area contributed by atoms with Gasteiger partial charge in [-0.05, 0) is 50.3 Å². The maximum absolute atomic E-state index is 12.7. The number of thioether (sulfide) groups is 1. The van der Waals surface area contributed by atoms with Gasteiger partial charge < -0.3 is 14.6 Å². The van der Waals surface area contributed by atoms with Crippen molar-refractivity contribution in [3.8, 4) is 11.4 Å². The van der Waals surface area contributed by atoms with Crippen LogP contribution in [0.1, 0.15) is 40.6 Å². The Labute approximate surface area is 199 Å². The van der Waals surface area contributed by atoms with E-state index in [2.05, 4.69) is 15.5 Å². The van der Waals surface area contributed by atoms with Gasteiger partial charge in [0.05, 0.1) is 17.9 Å². The monoisotopic (exact) mass is 490 g/mol. The van der Waals surface area contributed by atoms with Gasteiger partial charge in [0.1, 0.15) is 5.00 Å². The van der Waals surface area contributed by atoms with Crippen molar-refractivity contribution in [3.63, 3.8) is 0 Å². The first-order chi connectivity index (χ1) is 15.5. The Balaban J connectivity index is 1.46. The molecule has 10 heteroatoms. The summed E-state index contributed by atoms with van der Waals surface area (Å²) >= 11 is 8.85. The second-order valence-corrected chi connectivity index (χ2v) is 9.83. The largest absolute Gasteiger partial charge is 0.462 e. The van der Waals surface area contributed by atoms with Gasteiger partial charge in [0, 0.05) is 22.5 Å². The summed E-state index contributed by atoms with van der Waals surface area (Å²) in [5.74, 6) is 0.249. The molecular weight excluding hydrogens is 468 g/mol. The second kappa shape index (κ2) is 10.1. The lowest BCUT2D eigenvalue weighted by atomic mass is 9.95. The highest BCUT2D eigenvalue weighted by Gasteiger charge is 2.27. The van der Waals surface area contributed by atoms with Crippen molar-refractivity contribution in [2.75, 3.05) is 17.7 Å². The highest BCUT2D eigenvalue weighted by Crippen LogP contribution is 2.38. The molecule has 2 heterocycles. The fourth-order valence-corrected chi connectivity index (χ4v) is 5.88. The fourth-order valence-electron chi connectivity index (χ4n) is 3.69. The normalized spacial score (nSPS) is 13.0. The van der Waals surface area contributed by atoms with E-state index in [9.17, 15) is 9.59 Å². The SMILES string of the molecule is CCOC(=O)c1c(NC(=O)CSc2nnc(-c3cccc(Cl)c3)n2C)sc2c1CCCC2. The average molecular weight is 491 g/mol. The molecule has 0 atom stereocenters. The summed E-state index contributed by atoms with van der Waals surface area (Å²) in [4.78, 5) is 26.4. The molecule has 1 N–H and O–H groups in total. The molecular formula is C22H23ClN4O3S2. The minimum Gasteiger partial charge on any atom is -0.462 e. The number of halogens is 1. The first kappa shape index (κ1) is 22.8. The van der Waals surface area contributed by atoms with Crippen LogP contribution in [0.5, 0.6) is 0 Å². The minimum atomic E-state index is -0.366. The zero-order valence-electron chi connectivity index (χ0n) is 17.8. The van der Waals surface area contributed by atoms with Crippen LogP contribution in [0.25, 0.3) is 11.4 Å². The van der Waals surface area contributed by atoms with Crippen molar-refractivity contribution in [2.24, 2.45) is 7.05 Å². The van der Waals surface area contributed by atoms with Crippen molar-refractivity contribution in [3.05, 3.63) is 45.3 Å². The number of nitrogens with one attached hydrogen (secondary N) is 1. The number of nitrogens with zero attached hydrogens (tertiary/aromatic N) is 3. The van der Waals surface area contributed by atoms with Crippen LogP contribution in [0.2, 0.25) is 5.02 Å². The summed E-state index contributed by atoms with van der Waals surface area (Å²) < 4.78 is 7.08. The molecule has 1 aromatic carbocycles. The molecule has 0 unspecified atom stereocenters. The zero-order valence-corrected chi connectivity index (χ0v) is 20.2. The van der Waals surface area contributed by atoms with Gasteiger partial charge in [0.15, 0.2) is 11.0 Å². The van der Waals surface area contributed by atoms with Crippen LogP contribution in [0.4, 0.5) is 5.00 Å². The number of fused-ring (bicyclic) bond motifs is 1. The lowest BCUT2D eigenvalue weighted by Crippen LogP contribution is -2.17. The third-order valence-electron chi connectivity index (χ3n) is 5.15. The number of amides is 1. The summed E-state index contributed by atoms with van der Waals surface area (Å²) in [6.45, 7) is 2.08. The molecule has 32 heavy (non-hydrogen) atoms. The number of benzene rings is 1. The molecule has 4 rings (SSSR count). The van der Waals surface area contributed by atoms with Gasteiger partial charge in [0.25, 0.3) is 0 Å². The van der Waals surface area contributed by atoms with Crippen molar-refractivity contribution in [1.29, 1.82) is 0 Å². The predicted molar refractivity (Wildman–Crippen MR) is 128 cm³/mol. The summed E-state index contributed by atoms with van der Waals surface area (Å²) in [6.07, 6.45) is 3.92. The molecule has 168 valence electrons. The van der Waals surface area contributed by atoms with E-state index in [4.69, 9.17) is 16.3 Å². The van der Waals surface area contributed by atoms with Crippen molar-refractivity contribution < 1.29 is 14.3 Å². The van der Waals surface area contributed by atoms with Crippen LogP contribution < -0.4 is 5.32 Å². The van der Waals surface area contributed by atoms with E-state index < -0.39 is 0 Å². The number of anilines is 1. The Morgan fingerprint density at radius 2 is 2.09 bits per heavy atom. The Hall–Kier alpha value is -2.36. The topological polar surface area (TPSA) is 86.1 Å². The Kier molecular flexibility index (Phi) is 7.17. The van der Waals surface area contributed by atoms with Gasteiger partial charge in [-0.2, -0.15) is 0 Å². The molecule has 0 radical (unpaired) electrons. The predicted octanol–water partition coefficient (Wildman–Crippen LogP) is 4.98.